The number of hydrogen-bond acceptors (Lipinski definition) is 3. The van der Waals surface area contributed by atoms with Crippen molar-refractivity contribution in [1.82, 2.24) is 15.1 Å². The lowest BCUT2D eigenvalue weighted by Gasteiger charge is -2.14. The number of nitrogens with one attached hydrogen (secondary N) is 1. The highest BCUT2D eigenvalue weighted by Gasteiger charge is 2.32. The van der Waals surface area contributed by atoms with Crippen LogP contribution in [0.5, 0.6) is 0 Å². The predicted molar refractivity (Wildman–Crippen MR) is 54.5 cm³/mol. The summed E-state index contributed by atoms with van der Waals surface area (Å²) in [7, 11) is 0. The molecular weight excluding hydrogens is 210 g/mol. The van der Waals surface area contributed by atoms with Crippen LogP contribution in [0.4, 0.5) is 0 Å². The van der Waals surface area contributed by atoms with Crippen molar-refractivity contribution in [3.05, 3.63) is 18.5 Å². The second-order valence-corrected chi connectivity index (χ2v) is 3.90. The van der Waals surface area contributed by atoms with Crippen molar-refractivity contribution in [3.8, 4) is 0 Å². The predicted octanol–water partition coefficient (Wildman–Crippen LogP) is -0.138. The molecule has 0 radical (unpaired) electrons. The number of aromatic nitrogens is 2. The summed E-state index contributed by atoms with van der Waals surface area (Å²) in [6, 6.07) is 0.801. The van der Waals surface area contributed by atoms with Gasteiger partial charge in [-0.25, -0.2) is 4.79 Å². The van der Waals surface area contributed by atoms with E-state index in [1.54, 1.807) is 18.5 Å². The first-order valence-electron chi connectivity index (χ1n) is 5.17. The summed E-state index contributed by atoms with van der Waals surface area (Å²) in [6.07, 6.45) is 4.96. The van der Waals surface area contributed by atoms with Gasteiger partial charge in [-0.05, 0) is 18.9 Å². The largest absolute Gasteiger partial charge is 0.480 e. The molecule has 16 heavy (non-hydrogen) atoms. The second kappa shape index (κ2) is 4.34. The Bertz CT molecular complexity index is 384. The summed E-state index contributed by atoms with van der Waals surface area (Å²) >= 11 is 0. The number of hydrogen-bond donors (Lipinski definition) is 2. The van der Waals surface area contributed by atoms with Crippen LogP contribution in [0.25, 0.3) is 0 Å². The summed E-state index contributed by atoms with van der Waals surface area (Å²) in [6.45, 7) is 0.154. The molecular formula is C10H13N3O3. The molecule has 0 saturated heterocycles. The number of nitrogens with zero attached hydrogens (tertiary/aromatic N) is 2. The summed E-state index contributed by atoms with van der Waals surface area (Å²) in [5.74, 6) is -1.19. The second-order valence-electron chi connectivity index (χ2n) is 3.90. The first kappa shape index (κ1) is 10.7. The van der Waals surface area contributed by atoms with Gasteiger partial charge in [0.2, 0.25) is 5.91 Å². The summed E-state index contributed by atoms with van der Waals surface area (Å²) in [4.78, 5) is 22.4. The Balaban J connectivity index is 1.94. The monoisotopic (exact) mass is 223 g/mol. The first-order chi connectivity index (χ1) is 7.66. The van der Waals surface area contributed by atoms with Crippen LogP contribution in [0.3, 0.4) is 0 Å². The molecule has 0 aliphatic heterocycles. The molecule has 1 aliphatic carbocycles. The maximum atomic E-state index is 11.4. The normalized spacial score (nSPS) is 16.8. The van der Waals surface area contributed by atoms with Crippen molar-refractivity contribution >= 4 is 11.9 Å². The summed E-state index contributed by atoms with van der Waals surface area (Å²) in [5, 5.41) is 15.4. The molecule has 0 bridgehead atoms. The molecule has 1 atom stereocenters. The molecule has 6 nitrogen and oxygen atoms in total. The molecule has 1 fully saturated rings. The Morgan fingerprint density at radius 1 is 1.56 bits per heavy atom. The van der Waals surface area contributed by atoms with Crippen LogP contribution >= 0.6 is 0 Å². The van der Waals surface area contributed by atoms with Gasteiger partial charge in [0.25, 0.3) is 0 Å². The van der Waals surface area contributed by atoms with Crippen LogP contribution in [-0.4, -0.2) is 32.8 Å². The molecule has 1 unspecified atom stereocenters. The fraction of sp³-hybridized carbons (Fsp3) is 0.500. The minimum Gasteiger partial charge on any atom is -0.480 e. The SMILES string of the molecule is O=C(NC(Cn1cccn1)C(=O)O)C1CC1. The van der Waals surface area contributed by atoms with Crippen LogP contribution < -0.4 is 5.32 Å². The maximum absolute atomic E-state index is 11.4. The lowest BCUT2D eigenvalue weighted by molar-refractivity contribution is -0.142. The van der Waals surface area contributed by atoms with E-state index < -0.39 is 12.0 Å². The quantitative estimate of drug-likeness (QED) is 0.727. The van der Waals surface area contributed by atoms with Crippen LogP contribution in [0.2, 0.25) is 0 Å². The Labute approximate surface area is 92.3 Å². The van der Waals surface area contributed by atoms with E-state index in [9.17, 15) is 9.59 Å². The number of carboxylic acids is 1. The van der Waals surface area contributed by atoms with Crippen molar-refractivity contribution in [2.24, 2.45) is 5.92 Å². The smallest absolute Gasteiger partial charge is 0.328 e. The van der Waals surface area contributed by atoms with Crippen LogP contribution in [-0.2, 0) is 16.1 Å². The molecule has 2 N–H and O–H groups in total. The zero-order valence-electron chi connectivity index (χ0n) is 8.67. The van der Waals surface area contributed by atoms with Crippen molar-refractivity contribution < 1.29 is 14.7 Å². The molecule has 1 aliphatic rings. The van der Waals surface area contributed by atoms with Gasteiger partial charge in [0, 0.05) is 18.3 Å². The van der Waals surface area contributed by atoms with E-state index in [2.05, 4.69) is 10.4 Å². The van der Waals surface area contributed by atoms with Crippen molar-refractivity contribution in [1.29, 1.82) is 0 Å². The van der Waals surface area contributed by atoms with Gasteiger partial charge in [0.15, 0.2) is 0 Å². The zero-order chi connectivity index (χ0) is 11.5. The van der Waals surface area contributed by atoms with Gasteiger partial charge in [-0.3, -0.25) is 9.48 Å². The zero-order valence-corrected chi connectivity index (χ0v) is 8.67. The van der Waals surface area contributed by atoms with Crippen LogP contribution in [0.15, 0.2) is 18.5 Å². The molecule has 6 heteroatoms. The number of rotatable bonds is 5. The lowest BCUT2D eigenvalue weighted by Crippen LogP contribution is -2.44. The third kappa shape index (κ3) is 2.59. The van der Waals surface area contributed by atoms with E-state index in [1.807, 2.05) is 0 Å². The average Bonchev–Trinajstić information content (AvgIpc) is 2.97. The van der Waals surface area contributed by atoms with Gasteiger partial charge in [-0.15, -0.1) is 0 Å². The topological polar surface area (TPSA) is 84.2 Å². The van der Waals surface area contributed by atoms with E-state index >= 15 is 0 Å². The number of aliphatic carboxylic acids is 1. The minimum absolute atomic E-state index is 0.0134. The van der Waals surface area contributed by atoms with E-state index in [-0.39, 0.29) is 18.4 Å². The van der Waals surface area contributed by atoms with E-state index in [0.717, 1.165) is 12.8 Å². The number of amides is 1. The first-order valence-corrected chi connectivity index (χ1v) is 5.17. The van der Waals surface area contributed by atoms with E-state index in [1.165, 1.54) is 4.68 Å². The molecule has 0 aromatic carbocycles. The van der Waals surface area contributed by atoms with Gasteiger partial charge >= 0.3 is 5.97 Å². The van der Waals surface area contributed by atoms with E-state index in [4.69, 9.17) is 5.11 Å². The van der Waals surface area contributed by atoms with Crippen molar-refractivity contribution in [2.45, 2.75) is 25.4 Å². The van der Waals surface area contributed by atoms with Gasteiger partial charge in [0.05, 0.1) is 6.54 Å². The standard InChI is InChI=1S/C10H13N3O3/c14-9(7-2-3-7)12-8(10(15)16)6-13-5-1-4-11-13/h1,4-5,7-8H,2-3,6H2,(H,12,14)(H,15,16). The Kier molecular flexibility index (Phi) is 2.89. The fourth-order valence-corrected chi connectivity index (χ4v) is 1.42. The number of carbonyl (C=O) groups is 2. The maximum Gasteiger partial charge on any atom is 0.328 e. The highest BCUT2D eigenvalue weighted by atomic mass is 16.4. The van der Waals surface area contributed by atoms with Gasteiger partial charge in [0.1, 0.15) is 6.04 Å². The Morgan fingerprint density at radius 2 is 2.31 bits per heavy atom. The number of carboxylic acid groups (broad SMARTS) is 1. The average molecular weight is 223 g/mol. The van der Waals surface area contributed by atoms with Crippen LogP contribution in [0.1, 0.15) is 12.8 Å². The highest BCUT2D eigenvalue weighted by molar-refractivity contribution is 5.86. The molecule has 2 rings (SSSR count). The highest BCUT2D eigenvalue weighted by Crippen LogP contribution is 2.28. The molecule has 0 spiro atoms. The van der Waals surface area contributed by atoms with Crippen molar-refractivity contribution in [2.75, 3.05) is 0 Å². The van der Waals surface area contributed by atoms with Gasteiger partial charge < -0.3 is 10.4 Å². The Morgan fingerprint density at radius 3 is 2.81 bits per heavy atom. The molecule has 1 amide bonds. The molecule has 1 saturated carbocycles. The van der Waals surface area contributed by atoms with Crippen molar-refractivity contribution in [3.63, 3.8) is 0 Å². The van der Waals surface area contributed by atoms with E-state index in [0.29, 0.717) is 0 Å². The minimum atomic E-state index is -1.04. The number of carbonyl (C=O) groups excluding carboxylic acids is 1. The molecule has 1 aromatic heterocycles. The molecule has 86 valence electrons. The molecule has 1 aromatic rings. The third-order valence-electron chi connectivity index (χ3n) is 2.49. The fourth-order valence-electron chi connectivity index (χ4n) is 1.42. The van der Waals surface area contributed by atoms with Gasteiger partial charge in [-0.2, -0.15) is 5.10 Å². The summed E-state index contributed by atoms with van der Waals surface area (Å²) < 4.78 is 1.49. The van der Waals surface area contributed by atoms with Gasteiger partial charge in [-0.1, -0.05) is 0 Å². The third-order valence-corrected chi connectivity index (χ3v) is 2.49. The van der Waals surface area contributed by atoms with Crippen LogP contribution in [0, 0.1) is 5.92 Å². The summed E-state index contributed by atoms with van der Waals surface area (Å²) in [5.41, 5.74) is 0. The Hall–Kier alpha value is -1.85. The lowest BCUT2D eigenvalue weighted by atomic mass is 10.2. The molecule has 1 heterocycles.